The van der Waals surface area contributed by atoms with Gasteiger partial charge in [0.05, 0.1) is 12.6 Å². The van der Waals surface area contributed by atoms with Gasteiger partial charge < -0.3 is 14.6 Å². The van der Waals surface area contributed by atoms with Crippen molar-refractivity contribution in [3.63, 3.8) is 0 Å². The molecule has 0 radical (unpaired) electrons. The number of halogens is 1. The van der Waals surface area contributed by atoms with Crippen LogP contribution < -0.4 is 15.5 Å². The fourth-order valence-electron chi connectivity index (χ4n) is 3.00. The summed E-state index contributed by atoms with van der Waals surface area (Å²) in [5.41, 5.74) is 1.66. The van der Waals surface area contributed by atoms with E-state index in [1.54, 1.807) is 31.5 Å². The van der Waals surface area contributed by atoms with E-state index in [0.717, 1.165) is 16.8 Å². The lowest BCUT2D eigenvalue weighted by Gasteiger charge is -2.12. The Hall–Kier alpha value is -2.79. The van der Waals surface area contributed by atoms with E-state index in [1.807, 2.05) is 35.8 Å². The molecule has 1 amide bonds. The maximum absolute atomic E-state index is 12.7. The van der Waals surface area contributed by atoms with E-state index < -0.39 is 0 Å². The van der Waals surface area contributed by atoms with E-state index in [1.165, 1.54) is 0 Å². The molecule has 3 aromatic rings. The number of ether oxygens (including phenoxy) is 1. The summed E-state index contributed by atoms with van der Waals surface area (Å²) < 4.78 is 7.01. The number of pyridine rings is 1. The van der Waals surface area contributed by atoms with Crippen molar-refractivity contribution >= 4 is 28.4 Å². The molecular weight excluding hydrogens is 364 g/mol. The topological polar surface area (TPSA) is 60.3 Å². The van der Waals surface area contributed by atoms with Crippen LogP contribution in [0.3, 0.4) is 0 Å². The predicted octanol–water partition coefficient (Wildman–Crippen LogP) is 3.66. The maximum Gasteiger partial charge on any atom is 0.256 e. The molecule has 0 bridgehead atoms. The largest absolute Gasteiger partial charge is 0.497 e. The third kappa shape index (κ3) is 4.14. The molecule has 0 fully saturated rings. The summed E-state index contributed by atoms with van der Waals surface area (Å²) in [6, 6.07) is 12.8. The van der Waals surface area contributed by atoms with Gasteiger partial charge in [-0.3, -0.25) is 9.59 Å². The number of benzene rings is 2. The van der Waals surface area contributed by atoms with E-state index >= 15 is 0 Å². The number of nitrogens with one attached hydrogen (secondary N) is 1. The summed E-state index contributed by atoms with van der Waals surface area (Å²) >= 11 is 6.03. The van der Waals surface area contributed by atoms with Crippen LogP contribution in [-0.4, -0.2) is 24.1 Å². The van der Waals surface area contributed by atoms with Crippen molar-refractivity contribution in [3.8, 4) is 5.75 Å². The number of methoxy groups -OCH3 is 1. The Morgan fingerprint density at radius 2 is 1.93 bits per heavy atom. The number of aromatic nitrogens is 1. The first kappa shape index (κ1) is 19.0. The van der Waals surface area contributed by atoms with Crippen molar-refractivity contribution in [3.05, 3.63) is 75.0 Å². The Labute approximate surface area is 162 Å². The van der Waals surface area contributed by atoms with Crippen LogP contribution in [0, 0.1) is 0 Å². The molecule has 27 heavy (non-hydrogen) atoms. The zero-order chi connectivity index (χ0) is 19.4. The van der Waals surface area contributed by atoms with Gasteiger partial charge in [0.1, 0.15) is 11.3 Å². The van der Waals surface area contributed by atoms with Crippen molar-refractivity contribution in [2.75, 3.05) is 13.7 Å². The van der Waals surface area contributed by atoms with Crippen molar-refractivity contribution < 1.29 is 9.53 Å². The second-order valence-corrected chi connectivity index (χ2v) is 6.61. The van der Waals surface area contributed by atoms with Crippen LogP contribution in [0.1, 0.15) is 22.8 Å². The van der Waals surface area contributed by atoms with Gasteiger partial charge in [0.25, 0.3) is 5.91 Å². The molecule has 0 unspecified atom stereocenters. The molecule has 0 saturated carbocycles. The number of amides is 1. The predicted molar refractivity (Wildman–Crippen MR) is 108 cm³/mol. The third-order valence-electron chi connectivity index (χ3n) is 4.49. The molecule has 0 spiro atoms. The minimum Gasteiger partial charge on any atom is -0.497 e. The molecule has 2 aromatic carbocycles. The van der Waals surface area contributed by atoms with Gasteiger partial charge in [0.15, 0.2) is 0 Å². The first-order valence-electron chi connectivity index (χ1n) is 8.77. The monoisotopic (exact) mass is 384 g/mol. The Bertz CT molecular complexity index is 1030. The lowest BCUT2D eigenvalue weighted by molar-refractivity contribution is 0.0952. The number of rotatable bonds is 6. The van der Waals surface area contributed by atoms with Gasteiger partial charge in [-0.05, 0) is 49.2 Å². The van der Waals surface area contributed by atoms with Gasteiger partial charge in [-0.1, -0.05) is 23.7 Å². The van der Waals surface area contributed by atoms with E-state index in [4.69, 9.17) is 16.3 Å². The van der Waals surface area contributed by atoms with E-state index in [9.17, 15) is 9.59 Å². The zero-order valence-electron chi connectivity index (χ0n) is 15.3. The summed E-state index contributed by atoms with van der Waals surface area (Å²) in [7, 11) is 1.62. The smallest absolute Gasteiger partial charge is 0.256 e. The third-order valence-corrected chi connectivity index (χ3v) is 4.72. The zero-order valence-corrected chi connectivity index (χ0v) is 16.0. The lowest BCUT2D eigenvalue weighted by atomic mass is 10.1. The Morgan fingerprint density at radius 1 is 1.19 bits per heavy atom. The van der Waals surface area contributed by atoms with Crippen LogP contribution in [0.25, 0.3) is 10.9 Å². The number of aryl methyl sites for hydroxylation is 1. The molecule has 140 valence electrons. The molecule has 0 aliphatic rings. The average Bonchev–Trinajstić information content (AvgIpc) is 2.69. The van der Waals surface area contributed by atoms with E-state index in [2.05, 4.69) is 5.32 Å². The highest BCUT2D eigenvalue weighted by Crippen LogP contribution is 2.18. The Kier molecular flexibility index (Phi) is 5.81. The number of carbonyl (C=O) groups excluding carboxylic acids is 1. The van der Waals surface area contributed by atoms with Crippen molar-refractivity contribution in [1.29, 1.82) is 0 Å². The second-order valence-electron chi connectivity index (χ2n) is 6.17. The SMILES string of the molecule is CCn1cc(C(=O)NCCc2ccc(OC)cc2)c(=O)c2cc(Cl)ccc21. The molecule has 1 heterocycles. The highest BCUT2D eigenvalue weighted by Gasteiger charge is 2.15. The number of hydrogen-bond acceptors (Lipinski definition) is 3. The molecule has 0 aliphatic heterocycles. The van der Waals surface area contributed by atoms with Crippen LogP contribution in [0.5, 0.6) is 5.75 Å². The molecule has 0 aliphatic carbocycles. The van der Waals surface area contributed by atoms with Crippen LogP contribution in [0.2, 0.25) is 5.02 Å². The summed E-state index contributed by atoms with van der Waals surface area (Å²) in [6.45, 7) is 3.04. The molecule has 5 nitrogen and oxygen atoms in total. The highest BCUT2D eigenvalue weighted by molar-refractivity contribution is 6.31. The summed E-state index contributed by atoms with van der Waals surface area (Å²) in [5.74, 6) is 0.412. The van der Waals surface area contributed by atoms with E-state index in [-0.39, 0.29) is 16.9 Å². The van der Waals surface area contributed by atoms with Crippen molar-refractivity contribution in [2.24, 2.45) is 0 Å². The van der Waals surface area contributed by atoms with E-state index in [0.29, 0.717) is 29.9 Å². The van der Waals surface area contributed by atoms with Crippen LogP contribution >= 0.6 is 11.6 Å². The van der Waals surface area contributed by atoms with Crippen LogP contribution in [-0.2, 0) is 13.0 Å². The lowest BCUT2D eigenvalue weighted by Crippen LogP contribution is -2.31. The van der Waals surface area contributed by atoms with Crippen molar-refractivity contribution in [2.45, 2.75) is 19.9 Å². The average molecular weight is 385 g/mol. The fourth-order valence-corrected chi connectivity index (χ4v) is 3.17. The maximum atomic E-state index is 12.7. The molecule has 1 aromatic heterocycles. The number of hydrogen-bond donors (Lipinski definition) is 1. The molecule has 0 atom stereocenters. The number of carbonyl (C=O) groups is 1. The van der Waals surface area contributed by atoms with Crippen molar-refractivity contribution in [1.82, 2.24) is 9.88 Å². The molecule has 0 saturated heterocycles. The fraction of sp³-hybridized carbons (Fsp3) is 0.238. The normalized spacial score (nSPS) is 10.8. The standard InChI is InChI=1S/C21H21ClN2O3/c1-3-24-13-18(20(25)17-12-15(22)6-9-19(17)24)21(26)23-11-10-14-4-7-16(27-2)8-5-14/h4-9,12-13H,3,10-11H2,1-2H3,(H,23,26). The Balaban J connectivity index is 1.78. The molecule has 1 N–H and O–H groups in total. The minimum atomic E-state index is -0.377. The minimum absolute atomic E-state index is 0.126. The Morgan fingerprint density at radius 3 is 2.59 bits per heavy atom. The first-order chi connectivity index (χ1) is 13.0. The van der Waals surface area contributed by atoms with Crippen LogP contribution in [0.4, 0.5) is 0 Å². The number of nitrogens with zero attached hydrogens (tertiary/aromatic N) is 1. The molecule has 6 heteroatoms. The summed E-state index contributed by atoms with van der Waals surface area (Å²) in [5, 5.41) is 3.75. The van der Waals surface area contributed by atoms with Gasteiger partial charge >= 0.3 is 0 Å². The molecular formula is C21H21ClN2O3. The van der Waals surface area contributed by atoms with Crippen LogP contribution in [0.15, 0.2) is 53.5 Å². The second kappa shape index (κ2) is 8.27. The summed E-state index contributed by atoms with van der Waals surface area (Å²) in [6.07, 6.45) is 2.28. The first-order valence-corrected chi connectivity index (χ1v) is 9.15. The van der Waals surface area contributed by atoms with Gasteiger partial charge in [-0.15, -0.1) is 0 Å². The van der Waals surface area contributed by atoms with Gasteiger partial charge in [-0.2, -0.15) is 0 Å². The molecule has 3 rings (SSSR count). The highest BCUT2D eigenvalue weighted by atomic mass is 35.5. The number of fused-ring (bicyclic) bond motifs is 1. The summed E-state index contributed by atoms with van der Waals surface area (Å²) in [4.78, 5) is 25.3. The quantitative estimate of drug-likeness (QED) is 0.705. The van der Waals surface area contributed by atoms with Gasteiger partial charge in [0, 0.05) is 29.7 Å². The van der Waals surface area contributed by atoms with Gasteiger partial charge in [-0.25, -0.2) is 0 Å². The van der Waals surface area contributed by atoms with Gasteiger partial charge in [0.2, 0.25) is 5.43 Å².